The van der Waals surface area contributed by atoms with Gasteiger partial charge in [-0.05, 0) is 31.4 Å². The number of benzene rings is 1. The van der Waals surface area contributed by atoms with Crippen LogP contribution in [0, 0.1) is 0 Å². The Morgan fingerprint density at radius 3 is 2.70 bits per heavy atom. The SMILES string of the molecule is C[C@@H](Sc1nc(N)cc(N)n1)C(=O)N1CCCc2ccccc21. The number of anilines is 3. The summed E-state index contributed by atoms with van der Waals surface area (Å²) < 4.78 is 0. The minimum absolute atomic E-state index is 0.0479. The largest absolute Gasteiger partial charge is 0.383 e. The molecule has 0 radical (unpaired) electrons. The molecular formula is C16H19N5OS. The lowest BCUT2D eigenvalue weighted by Crippen LogP contribution is -2.40. The average Bonchev–Trinajstić information content (AvgIpc) is 2.52. The van der Waals surface area contributed by atoms with Crippen LogP contribution in [0.5, 0.6) is 0 Å². The molecule has 1 amide bonds. The van der Waals surface area contributed by atoms with Gasteiger partial charge in [0.25, 0.3) is 0 Å². The summed E-state index contributed by atoms with van der Waals surface area (Å²) in [7, 11) is 0. The number of carbonyl (C=O) groups excluding carboxylic acids is 1. The minimum atomic E-state index is -0.317. The maximum Gasteiger partial charge on any atom is 0.240 e. The van der Waals surface area contributed by atoms with Gasteiger partial charge in [0.05, 0.1) is 5.25 Å². The van der Waals surface area contributed by atoms with E-state index in [-0.39, 0.29) is 11.2 Å². The van der Waals surface area contributed by atoms with E-state index < -0.39 is 0 Å². The highest BCUT2D eigenvalue weighted by molar-refractivity contribution is 8.00. The van der Waals surface area contributed by atoms with Crippen molar-refractivity contribution in [1.29, 1.82) is 0 Å². The highest BCUT2D eigenvalue weighted by atomic mass is 32.2. The van der Waals surface area contributed by atoms with E-state index in [1.807, 2.05) is 30.0 Å². The Hall–Kier alpha value is -2.28. The molecule has 1 aliphatic rings. The van der Waals surface area contributed by atoms with Crippen molar-refractivity contribution in [3.8, 4) is 0 Å². The number of hydrogen-bond acceptors (Lipinski definition) is 6. The molecule has 0 bridgehead atoms. The number of aromatic nitrogens is 2. The molecule has 1 aromatic heterocycles. The van der Waals surface area contributed by atoms with Crippen molar-refractivity contribution in [3.05, 3.63) is 35.9 Å². The molecule has 0 saturated heterocycles. The molecule has 0 saturated carbocycles. The van der Waals surface area contributed by atoms with Crippen LogP contribution in [0.1, 0.15) is 18.9 Å². The lowest BCUT2D eigenvalue weighted by molar-refractivity contribution is -0.117. The number of nitrogen functional groups attached to an aromatic ring is 2. The van der Waals surface area contributed by atoms with Crippen LogP contribution >= 0.6 is 11.8 Å². The molecule has 1 aromatic carbocycles. The van der Waals surface area contributed by atoms with Gasteiger partial charge in [0.15, 0.2) is 5.16 Å². The van der Waals surface area contributed by atoms with E-state index in [4.69, 9.17) is 11.5 Å². The number of rotatable bonds is 3. The maximum absolute atomic E-state index is 12.8. The van der Waals surface area contributed by atoms with E-state index in [0.717, 1.165) is 25.1 Å². The van der Waals surface area contributed by atoms with Crippen LogP contribution in [0.25, 0.3) is 0 Å². The molecule has 3 rings (SSSR count). The van der Waals surface area contributed by atoms with Crippen molar-refractivity contribution in [3.63, 3.8) is 0 Å². The van der Waals surface area contributed by atoms with Crippen LogP contribution in [0.15, 0.2) is 35.5 Å². The van der Waals surface area contributed by atoms with E-state index in [0.29, 0.717) is 16.8 Å². The van der Waals surface area contributed by atoms with Crippen molar-refractivity contribution in [2.24, 2.45) is 0 Å². The molecule has 0 aliphatic carbocycles. The Balaban J connectivity index is 1.78. The summed E-state index contributed by atoms with van der Waals surface area (Å²) in [6, 6.07) is 9.54. The highest BCUT2D eigenvalue weighted by Gasteiger charge is 2.27. The first-order chi connectivity index (χ1) is 11.0. The van der Waals surface area contributed by atoms with Crippen LogP contribution in [0.4, 0.5) is 17.3 Å². The second kappa shape index (κ2) is 6.45. The Morgan fingerprint density at radius 2 is 1.96 bits per heavy atom. The van der Waals surface area contributed by atoms with Gasteiger partial charge in [0, 0.05) is 18.3 Å². The van der Waals surface area contributed by atoms with E-state index in [9.17, 15) is 4.79 Å². The van der Waals surface area contributed by atoms with Gasteiger partial charge >= 0.3 is 0 Å². The molecule has 0 unspecified atom stereocenters. The minimum Gasteiger partial charge on any atom is -0.383 e. The number of hydrogen-bond donors (Lipinski definition) is 2. The molecule has 0 spiro atoms. The summed E-state index contributed by atoms with van der Waals surface area (Å²) in [5, 5.41) is 0.107. The smallest absolute Gasteiger partial charge is 0.240 e. The fraction of sp³-hybridized carbons (Fsp3) is 0.312. The quantitative estimate of drug-likeness (QED) is 0.661. The monoisotopic (exact) mass is 329 g/mol. The molecule has 7 heteroatoms. The number of carbonyl (C=O) groups is 1. The van der Waals surface area contributed by atoms with Crippen LogP contribution in [-0.2, 0) is 11.2 Å². The predicted molar refractivity (Wildman–Crippen MR) is 93.3 cm³/mol. The first-order valence-electron chi connectivity index (χ1n) is 7.50. The highest BCUT2D eigenvalue weighted by Crippen LogP contribution is 2.30. The molecule has 1 aliphatic heterocycles. The number of nitrogens with two attached hydrogens (primary N) is 2. The standard InChI is InChI=1S/C16H19N5OS/c1-10(23-16-19-13(17)9-14(18)20-16)15(22)21-8-4-6-11-5-2-3-7-12(11)21/h2-3,5,7,9-10H,4,6,8H2,1H3,(H4,17,18,19,20)/t10-/m1/s1. The summed E-state index contributed by atoms with van der Waals surface area (Å²) in [6.07, 6.45) is 1.98. The first-order valence-corrected chi connectivity index (χ1v) is 8.38. The van der Waals surface area contributed by atoms with Gasteiger partial charge in [-0.25, -0.2) is 9.97 Å². The molecule has 120 valence electrons. The second-order valence-corrected chi connectivity index (χ2v) is 6.79. The third kappa shape index (κ3) is 3.39. The summed E-state index contributed by atoms with van der Waals surface area (Å²) >= 11 is 1.27. The van der Waals surface area contributed by atoms with Gasteiger partial charge in [0.1, 0.15) is 11.6 Å². The Bertz CT molecular complexity index is 716. The lowest BCUT2D eigenvalue weighted by atomic mass is 10.0. The molecule has 2 heterocycles. The molecule has 4 N–H and O–H groups in total. The van der Waals surface area contributed by atoms with Gasteiger partial charge in [-0.1, -0.05) is 30.0 Å². The van der Waals surface area contributed by atoms with Crippen molar-refractivity contribution in [1.82, 2.24) is 9.97 Å². The molecule has 1 atom stereocenters. The normalized spacial score (nSPS) is 15.1. The second-order valence-electron chi connectivity index (χ2n) is 5.48. The molecule has 23 heavy (non-hydrogen) atoms. The third-order valence-electron chi connectivity index (χ3n) is 3.75. The summed E-state index contributed by atoms with van der Waals surface area (Å²) in [4.78, 5) is 22.9. The first kappa shape index (κ1) is 15.6. The Kier molecular flexibility index (Phi) is 4.38. The van der Waals surface area contributed by atoms with Crippen LogP contribution in [-0.4, -0.2) is 27.7 Å². The molecule has 0 fully saturated rings. The zero-order valence-electron chi connectivity index (χ0n) is 12.9. The summed E-state index contributed by atoms with van der Waals surface area (Å²) in [6.45, 7) is 2.59. The van der Waals surface area contributed by atoms with E-state index in [1.165, 1.54) is 23.4 Å². The van der Waals surface area contributed by atoms with E-state index in [1.54, 1.807) is 0 Å². The number of amides is 1. The summed E-state index contributed by atoms with van der Waals surface area (Å²) in [5.74, 6) is 0.665. The van der Waals surface area contributed by atoms with Crippen LogP contribution in [0.3, 0.4) is 0 Å². The van der Waals surface area contributed by atoms with Gasteiger partial charge in [-0.2, -0.15) is 0 Å². The number of nitrogens with zero attached hydrogens (tertiary/aromatic N) is 3. The van der Waals surface area contributed by atoms with E-state index in [2.05, 4.69) is 16.0 Å². The topological polar surface area (TPSA) is 98.1 Å². The van der Waals surface area contributed by atoms with Crippen LogP contribution in [0.2, 0.25) is 0 Å². The van der Waals surface area contributed by atoms with Gasteiger partial charge < -0.3 is 16.4 Å². The number of aryl methyl sites for hydroxylation is 1. The summed E-state index contributed by atoms with van der Waals surface area (Å²) in [5.41, 5.74) is 13.6. The fourth-order valence-corrected chi connectivity index (χ4v) is 3.57. The molecule has 2 aromatic rings. The van der Waals surface area contributed by atoms with E-state index >= 15 is 0 Å². The van der Waals surface area contributed by atoms with Crippen molar-refractivity contribution < 1.29 is 4.79 Å². The predicted octanol–water partition coefficient (Wildman–Crippen LogP) is 2.10. The zero-order chi connectivity index (χ0) is 16.4. The Labute approximate surface area is 139 Å². The number of para-hydroxylation sites is 1. The van der Waals surface area contributed by atoms with Gasteiger partial charge in [-0.3, -0.25) is 4.79 Å². The van der Waals surface area contributed by atoms with Crippen molar-refractivity contribution in [2.45, 2.75) is 30.2 Å². The number of thioether (sulfide) groups is 1. The maximum atomic E-state index is 12.8. The fourth-order valence-electron chi connectivity index (χ4n) is 2.71. The number of fused-ring (bicyclic) bond motifs is 1. The molecule has 6 nitrogen and oxygen atoms in total. The van der Waals surface area contributed by atoms with Gasteiger partial charge in [-0.15, -0.1) is 0 Å². The average molecular weight is 329 g/mol. The van der Waals surface area contributed by atoms with Crippen molar-refractivity contribution in [2.75, 3.05) is 22.9 Å². The van der Waals surface area contributed by atoms with Gasteiger partial charge in [0.2, 0.25) is 5.91 Å². The Morgan fingerprint density at radius 1 is 1.26 bits per heavy atom. The third-order valence-corrected chi connectivity index (χ3v) is 4.70. The van der Waals surface area contributed by atoms with Crippen LogP contribution < -0.4 is 16.4 Å². The van der Waals surface area contributed by atoms with Crippen molar-refractivity contribution >= 4 is 35.0 Å². The zero-order valence-corrected chi connectivity index (χ0v) is 13.7. The lowest BCUT2D eigenvalue weighted by Gasteiger charge is -2.31. The molecular weight excluding hydrogens is 310 g/mol.